The van der Waals surface area contributed by atoms with Gasteiger partial charge >= 0.3 is 0 Å². The molecule has 1 aliphatic heterocycles. The average Bonchev–Trinajstić information content (AvgIpc) is 2.67. The minimum atomic E-state index is -0.181. The maximum absolute atomic E-state index is 12.4. The first-order valence-electron chi connectivity index (χ1n) is 9.07. The fourth-order valence-electron chi connectivity index (χ4n) is 2.63. The van der Waals surface area contributed by atoms with Crippen molar-refractivity contribution in [2.45, 2.75) is 32.8 Å². The lowest BCUT2D eigenvalue weighted by Gasteiger charge is -2.25. The lowest BCUT2D eigenvalue weighted by atomic mass is 10.1. The quantitative estimate of drug-likeness (QED) is 0.701. The highest BCUT2D eigenvalue weighted by molar-refractivity contribution is 6.30. The Morgan fingerprint density at radius 3 is 2.92 bits per heavy atom. The molecule has 0 radical (unpaired) electrons. The molecular weight excluding hydrogens is 348 g/mol. The number of nitrogens with one attached hydrogen (secondary N) is 2. The van der Waals surface area contributed by atoms with E-state index in [1.807, 2.05) is 25.2 Å². The van der Waals surface area contributed by atoms with Gasteiger partial charge in [0.15, 0.2) is 0 Å². The zero-order valence-corrected chi connectivity index (χ0v) is 16.2. The number of unbranched alkanes of at least 4 members (excludes halogenated alkanes) is 1. The van der Waals surface area contributed by atoms with Gasteiger partial charge in [-0.05, 0) is 43.2 Å². The van der Waals surface area contributed by atoms with E-state index in [4.69, 9.17) is 16.3 Å². The minimum absolute atomic E-state index is 0.0493. The van der Waals surface area contributed by atoms with Crippen LogP contribution in [0.1, 0.15) is 37.0 Å². The van der Waals surface area contributed by atoms with Gasteiger partial charge in [0.25, 0.3) is 5.91 Å². The Labute approximate surface area is 161 Å². The number of carbonyl (C=O) groups is 1. The maximum atomic E-state index is 12.4. The Morgan fingerprint density at radius 1 is 1.42 bits per heavy atom. The summed E-state index contributed by atoms with van der Waals surface area (Å²) in [5.41, 5.74) is 2.41. The number of carbonyl (C=O) groups excluding carboxylic acids is 1. The van der Waals surface area contributed by atoms with E-state index in [1.54, 1.807) is 24.3 Å². The number of benzene rings is 1. The van der Waals surface area contributed by atoms with E-state index in [9.17, 15) is 4.79 Å². The third kappa shape index (κ3) is 6.45. The van der Waals surface area contributed by atoms with Gasteiger partial charge < -0.3 is 15.4 Å². The largest absolute Gasteiger partial charge is 0.371 e. The van der Waals surface area contributed by atoms with Crippen molar-refractivity contribution in [1.82, 2.24) is 10.6 Å². The fourth-order valence-corrected chi connectivity index (χ4v) is 2.82. The number of hydrogen-bond donors (Lipinski definition) is 2. The van der Waals surface area contributed by atoms with Crippen LogP contribution in [0.3, 0.4) is 0 Å². The second kappa shape index (κ2) is 11.0. The van der Waals surface area contributed by atoms with Crippen LogP contribution in [0.25, 0.3) is 0 Å². The number of allylic oxidation sites excluding steroid dienone is 3. The predicted molar refractivity (Wildman–Crippen MR) is 107 cm³/mol. The van der Waals surface area contributed by atoms with E-state index in [1.165, 1.54) is 0 Å². The summed E-state index contributed by atoms with van der Waals surface area (Å²) in [6.07, 6.45) is 10.2. The Kier molecular flexibility index (Phi) is 8.62. The van der Waals surface area contributed by atoms with Crippen LogP contribution in [-0.4, -0.2) is 31.7 Å². The lowest BCUT2D eigenvalue weighted by molar-refractivity contribution is 0.0537. The molecule has 5 heteroatoms. The fraction of sp³-hybridized carbons (Fsp3) is 0.381. The molecular formula is C21H27ClN2O2. The number of halogens is 1. The van der Waals surface area contributed by atoms with E-state index in [2.05, 4.69) is 23.6 Å². The molecule has 1 heterocycles. The first kappa shape index (κ1) is 20.4. The van der Waals surface area contributed by atoms with Crippen LogP contribution in [0.2, 0.25) is 5.02 Å². The third-order valence-electron chi connectivity index (χ3n) is 4.08. The summed E-state index contributed by atoms with van der Waals surface area (Å²) in [5.74, 6) is -0.181. The maximum Gasteiger partial charge on any atom is 0.255 e. The molecule has 1 unspecified atom stereocenters. The standard InChI is InChI=1S/C21H27ClN2O2/c1-3-5-7-16(20-15-23-12-13-26-20)10-11-19(4-2)24-21(25)17-8-6-9-18(22)14-17/h4,6-11,14,20,23H,3,5,12-13,15H2,1-2H3,(H,24,25). The van der Waals surface area contributed by atoms with Gasteiger partial charge in [-0.2, -0.15) is 0 Å². The van der Waals surface area contributed by atoms with Crippen LogP contribution in [0.15, 0.2) is 59.8 Å². The smallest absolute Gasteiger partial charge is 0.255 e. The molecule has 1 aromatic rings. The van der Waals surface area contributed by atoms with Gasteiger partial charge in [0.2, 0.25) is 0 Å². The van der Waals surface area contributed by atoms with E-state index >= 15 is 0 Å². The van der Waals surface area contributed by atoms with Gasteiger partial charge in [0.1, 0.15) is 0 Å². The minimum Gasteiger partial charge on any atom is -0.371 e. The zero-order chi connectivity index (χ0) is 18.8. The second-order valence-electron chi connectivity index (χ2n) is 6.10. The Morgan fingerprint density at radius 2 is 2.27 bits per heavy atom. The first-order chi connectivity index (χ1) is 12.6. The summed E-state index contributed by atoms with van der Waals surface area (Å²) >= 11 is 5.96. The highest BCUT2D eigenvalue weighted by Gasteiger charge is 2.16. The van der Waals surface area contributed by atoms with Crippen LogP contribution in [0, 0.1) is 0 Å². The summed E-state index contributed by atoms with van der Waals surface area (Å²) in [6, 6.07) is 6.91. The Bertz CT molecular complexity index is 689. The molecule has 1 saturated heterocycles. The van der Waals surface area contributed by atoms with Gasteiger partial charge in [-0.3, -0.25) is 4.79 Å². The molecule has 0 saturated carbocycles. The first-order valence-corrected chi connectivity index (χ1v) is 9.45. The van der Waals surface area contributed by atoms with Crippen molar-refractivity contribution >= 4 is 17.5 Å². The Balaban J connectivity index is 2.06. The molecule has 26 heavy (non-hydrogen) atoms. The highest BCUT2D eigenvalue weighted by atomic mass is 35.5. The number of hydrogen-bond acceptors (Lipinski definition) is 3. The molecule has 2 N–H and O–H groups in total. The van der Waals surface area contributed by atoms with Crippen molar-refractivity contribution in [1.29, 1.82) is 0 Å². The summed E-state index contributed by atoms with van der Waals surface area (Å²) in [7, 11) is 0. The summed E-state index contributed by atoms with van der Waals surface area (Å²) < 4.78 is 5.86. The number of ether oxygens (including phenoxy) is 1. The molecule has 0 aromatic heterocycles. The van der Waals surface area contributed by atoms with Crippen molar-refractivity contribution in [2.75, 3.05) is 19.7 Å². The molecule has 1 amide bonds. The van der Waals surface area contributed by atoms with Crippen molar-refractivity contribution in [3.8, 4) is 0 Å². The Hall–Kier alpha value is -1.88. The van der Waals surface area contributed by atoms with Crippen LogP contribution in [0.5, 0.6) is 0 Å². The zero-order valence-electron chi connectivity index (χ0n) is 15.4. The van der Waals surface area contributed by atoms with Crippen LogP contribution < -0.4 is 10.6 Å². The predicted octanol–water partition coefficient (Wildman–Crippen LogP) is 4.24. The van der Waals surface area contributed by atoms with E-state index in [-0.39, 0.29) is 12.0 Å². The van der Waals surface area contributed by atoms with Crippen LogP contribution >= 0.6 is 11.6 Å². The molecule has 4 nitrogen and oxygen atoms in total. The van der Waals surface area contributed by atoms with Crippen molar-refractivity contribution in [3.63, 3.8) is 0 Å². The molecule has 0 aliphatic carbocycles. The van der Waals surface area contributed by atoms with Crippen LogP contribution in [-0.2, 0) is 4.74 Å². The normalized spacial score (nSPS) is 19.0. The number of rotatable bonds is 7. The summed E-state index contributed by atoms with van der Waals surface area (Å²) in [4.78, 5) is 12.4. The van der Waals surface area contributed by atoms with Crippen molar-refractivity contribution in [3.05, 3.63) is 70.4 Å². The SMILES string of the molecule is CC=C(C=CC(=CCCC)C1CNCCO1)NC(=O)c1cccc(Cl)c1. The second-order valence-corrected chi connectivity index (χ2v) is 6.53. The van der Waals surface area contributed by atoms with E-state index < -0.39 is 0 Å². The molecule has 1 aliphatic rings. The van der Waals surface area contributed by atoms with Crippen molar-refractivity contribution in [2.24, 2.45) is 0 Å². The topological polar surface area (TPSA) is 50.4 Å². The molecule has 140 valence electrons. The lowest BCUT2D eigenvalue weighted by Crippen LogP contribution is -2.39. The van der Waals surface area contributed by atoms with Gasteiger partial charge in [-0.25, -0.2) is 0 Å². The van der Waals surface area contributed by atoms with Gasteiger partial charge in [0.05, 0.1) is 12.7 Å². The van der Waals surface area contributed by atoms with Crippen molar-refractivity contribution < 1.29 is 9.53 Å². The number of amides is 1. The van der Waals surface area contributed by atoms with E-state index in [0.29, 0.717) is 17.2 Å². The third-order valence-corrected chi connectivity index (χ3v) is 4.31. The molecule has 2 rings (SSSR count). The average molecular weight is 375 g/mol. The van der Waals surface area contributed by atoms with Gasteiger partial charge in [0, 0.05) is 29.4 Å². The molecule has 0 bridgehead atoms. The van der Waals surface area contributed by atoms with Gasteiger partial charge in [-0.15, -0.1) is 0 Å². The highest BCUT2D eigenvalue weighted by Crippen LogP contribution is 2.14. The number of morpholine rings is 1. The van der Waals surface area contributed by atoms with E-state index in [0.717, 1.165) is 37.2 Å². The summed E-state index contributed by atoms with van der Waals surface area (Å²) in [6.45, 7) is 6.45. The van der Waals surface area contributed by atoms with Gasteiger partial charge in [-0.1, -0.05) is 49.2 Å². The monoisotopic (exact) mass is 374 g/mol. The summed E-state index contributed by atoms with van der Waals surface area (Å²) in [5, 5.41) is 6.82. The molecule has 1 atom stereocenters. The molecule has 1 fully saturated rings. The van der Waals surface area contributed by atoms with Crippen LogP contribution in [0.4, 0.5) is 0 Å². The molecule has 1 aromatic carbocycles. The molecule has 0 spiro atoms.